The van der Waals surface area contributed by atoms with Gasteiger partial charge in [0.2, 0.25) is 0 Å². The number of benzene rings is 2. The molecule has 0 aliphatic carbocycles. The smallest absolute Gasteiger partial charge is 0.0992 e. The molecular weight excluding hydrogens is 276 g/mol. The molecule has 0 aliphatic heterocycles. The van der Waals surface area contributed by atoms with E-state index < -0.39 is 0 Å². The highest BCUT2D eigenvalue weighted by molar-refractivity contribution is 7.99. The van der Waals surface area contributed by atoms with Gasteiger partial charge in [-0.1, -0.05) is 41.6 Å². The van der Waals surface area contributed by atoms with Gasteiger partial charge in [-0.05, 0) is 30.3 Å². The van der Waals surface area contributed by atoms with Crippen molar-refractivity contribution in [1.29, 1.82) is 5.26 Å². The second-order valence-corrected chi connectivity index (χ2v) is 5.57. The minimum Gasteiger partial charge on any atom is -0.349 e. The van der Waals surface area contributed by atoms with Crippen LogP contribution in [0, 0.1) is 11.3 Å². The van der Waals surface area contributed by atoms with Crippen molar-refractivity contribution < 1.29 is 0 Å². The van der Waals surface area contributed by atoms with Gasteiger partial charge in [0, 0.05) is 15.8 Å². The molecule has 0 spiro atoms. The van der Waals surface area contributed by atoms with Crippen molar-refractivity contribution >= 4 is 34.3 Å². The van der Waals surface area contributed by atoms with Gasteiger partial charge in [-0.3, -0.25) is 0 Å². The van der Waals surface area contributed by atoms with Crippen LogP contribution in [0.25, 0.3) is 10.9 Å². The number of halogens is 1. The molecule has 3 rings (SSSR count). The van der Waals surface area contributed by atoms with Gasteiger partial charge in [-0.15, -0.1) is 0 Å². The Hall–Kier alpha value is -1.89. The molecule has 0 bridgehead atoms. The van der Waals surface area contributed by atoms with Crippen LogP contribution >= 0.6 is 23.4 Å². The summed E-state index contributed by atoms with van der Waals surface area (Å²) in [5, 5.41) is 11.6. The largest absolute Gasteiger partial charge is 0.349 e. The molecule has 92 valence electrons. The lowest BCUT2D eigenvalue weighted by Gasteiger charge is -2.02. The second kappa shape index (κ2) is 5.00. The lowest BCUT2D eigenvalue weighted by atomic mass is 10.2. The third-order valence-electron chi connectivity index (χ3n) is 2.79. The number of para-hydroxylation sites is 1. The summed E-state index contributed by atoms with van der Waals surface area (Å²) in [6.07, 6.45) is 0. The highest BCUT2D eigenvalue weighted by atomic mass is 35.5. The Morgan fingerprint density at radius 2 is 1.95 bits per heavy atom. The fourth-order valence-corrected chi connectivity index (χ4v) is 3.05. The maximum absolute atomic E-state index is 8.82. The highest BCUT2D eigenvalue weighted by Gasteiger charge is 2.06. The minimum absolute atomic E-state index is 0.575. The lowest BCUT2D eigenvalue weighted by Crippen LogP contribution is -1.79. The molecular formula is C15H9ClN2S. The molecule has 1 aromatic heterocycles. The molecule has 0 atom stereocenters. The molecule has 4 heteroatoms. The van der Waals surface area contributed by atoms with E-state index in [2.05, 4.69) is 23.2 Å². The van der Waals surface area contributed by atoms with Crippen LogP contribution in [-0.2, 0) is 0 Å². The Morgan fingerprint density at radius 1 is 1.11 bits per heavy atom. The molecule has 0 aliphatic rings. The Kier molecular flexibility index (Phi) is 3.20. The molecule has 3 aromatic rings. The summed E-state index contributed by atoms with van der Waals surface area (Å²) in [5.41, 5.74) is 1.68. The molecule has 0 fully saturated rings. The summed E-state index contributed by atoms with van der Waals surface area (Å²) in [7, 11) is 0. The van der Waals surface area contributed by atoms with E-state index in [0.717, 1.165) is 15.4 Å². The first-order valence-corrected chi connectivity index (χ1v) is 6.91. The van der Waals surface area contributed by atoms with Crippen LogP contribution < -0.4 is 0 Å². The van der Waals surface area contributed by atoms with E-state index in [9.17, 15) is 0 Å². The van der Waals surface area contributed by atoms with E-state index in [0.29, 0.717) is 10.6 Å². The van der Waals surface area contributed by atoms with E-state index in [1.54, 1.807) is 23.9 Å². The first-order chi connectivity index (χ1) is 9.26. The van der Waals surface area contributed by atoms with Crippen LogP contribution in [0.4, 0.5) is 0 Å². The van der Waals surface area contributed by atoms with E-state index >= 15 is 0 Å². The average Bonchev–Trinajstić information content (AvgIpc) is 2.83. The Morgan fingerprint density at radius 3 is 2.68 bits per heavy atom. The normalized spacial score (nSPS) is 10.5. The number of H-pyrrole nitrogens is 1. The fourth-order valence-electron chi connectivity index (χ4n) is 1.87. The molecule has 0 saturated heterocycles. The zero-order chi connectivity index (χ0) is 13.2. The molecule has 0 radical (unpaired) electrons. The number of hydrogen-bond donors (Lipinski definition) is 1. The van der Waals surface area contributed by atoms with Gasteiger partial charge in [0.1, 0.15) is 0 Å². The van der Waals surface area contributed by atoms with Crippen molar-refractivity contribution in [2.75, 3.05) is 0 Å². The summed E-state index contributed by atoms with van der Waals surface area (Å²) in [6, 6.07) is 17.6. The maximum atomic E-state index is 8.82. The molecule has 0 amide bonds. The van der Waals surface area contributed by atoms with Crippen LogP contribution in [0.5, 0.6) is 0 Å². The van der Waals surface area contributed by atoms with Gasteiger partial charge in [0.15, 0.2) is 0 Å². The van der Waals surface area contributed by atoms with Gasteiger partial charge < -0.3 is 4.98 Å². The SMILES string of the molecule is N#Cc1ccc(Sc2cc3ccccc3[nH]2)c(Cl)c1. The highest BCUT2D eigenvalue weighted by Crippen LogP contribution is 2.34. The van der Waals surface area contributed by atoms with E-state index in [4.69, 9.17) is 16.9 Å². The van der Waals surface area contributed by atoms with Crippen LogP contribution in [0.1, 0.15) is 5.56 Å². The molecule has 19 heavy (non-hydrogen) atoms. The lowest BCUT2D eigenvalue weighted by molar-refractivity contribution is 1.23. The summed E-state index contributed by atoms with van der Waals surface area (Å²) in [6.45, 7) is 0. The van der Waals surface area contributed by atoms with Gasteiger partial charge in [0.05, 0.1) is 21.7 Å². The molecule has 2 aromatic carbocycles. The van der Waals surface area contributed by atoms with Crippen molar-refractivity contribution in [2.45, 2.75) is 9.92 Å². The number of nitrogens with one attached hydrogen (secondary N) is 1. The molecule has 0 saturated carbocycles. The van der Waals surface area contributed by atoms with Crippen LogP contribution in [0.15, 0.2) is 58.5 Å². The fraction of sp³-hybridized carbons (Fsp3) is 0. The number of aromatic nitrogens is 1. The minimum atomic E-state index is 0.575. The number of aromatic amines is 1. The predicted octanol–water partition coefficient (Wildman–Crippen LogP) is 4.84. The summed E-state index contributed by atoms with van der Waals surface area (Å²) >= 11 is 7.73. The van der Waals surface area contributed by atoms with Gasteiger partial charge in [0.25, 0.3) is 0 Å². The van der Waals surface area contributed by atoms with Crippen LogP contribution in [0.2, 0.25) is 5.02 Å². The Balaban J connectivity index is 1.94. The molecule has 1 N–H and O–H groups in total. The molecule has 2 nitrogen and oxygen atoms in total. The van der Waals surface area contributed by atoms with Gasteiger partial charge >= 0.3 is 0 Å². The number of fused-ring (bicyclic) bond motifs is 1. The zero-order valence-electron chi connectivity index (χ0n) is 9.85. The van der Waals surface area contributed by atoms with Crippen molar-refractivity contribution in [1.82, 2.24) is 4.98 Å². The molecule has 1 heterocycles. The predicted molar refractivity (Wildman–Crippen MR) is 78.6 cm³/mol. The second-order valence-electron chi connectivity index (χ2n) is 4.08. The first kappa shape index (κ1) is 12.2. The number of rotatable bonds is 2. The van der Waals surface area contributed by atoms with E-state index in [-0.39, 0.29) is 0 Å². The standard InChI is InChI=1S/C15H9ClN2S/c16-12-7-10(9-17)5-6-14(12)19-15-8-11-3-1-2-4-13(11)18-15/h1-8,18H. The Bertz CT molecular complexity index is 753. The summed E-state index contributed by atoms with van der Waals surface area (Å²) in [5.74, 6) is 0. The monoisotopic (exact) mass is 284 g/mol. The van der Waals surface area contributed by atoms with Crippen LogP contribution in [-0.4, -0.2) is 4.98 Å². The van der Waals surface area contributed by atoms with Crippen molar-refractivity contribution in [3.8, 4) is 6.07 Å². The summed E-state index contributed by atoms with van der Waals surface area (Å²) in [4.78, 5) is 4.28. The van der Waals surface area contributed by atoms with E-state index in [1.165, 1.54) is 5.39 Å². The first-order valence-electron chi connectivity index (χ1n) is 5.71. The summed E-state index contributed by atoms with van der Waals surface area (Å²) < 4.78 is 0. The van der Waals surface area contributed by atoms with Crippen molar-refractivity contribution in [2.24, 2.45) is 0 Å². The van der Waals surface area contributed by atoms with Crippen molar-refractivity contribution in [3.63, 3.8) is 0 Å². The zero-order valence-corrected chi connectivity index (χ0v) is 11.4. The topological polar surface area (TPSA) is 39.6 Å². The van der Waals surface area contributed by atoms with Crippen LogP contribution in [0.3, 0.4) is 0 Å². The quantitative estimate of drug-likeness (QED) is 0.731. The number of nitrogens with zero attached hydrogens (tertiary/aromatic N) is 1. The third-order valence-corrected chi connectivity index (χ3v) is 4.23. The number of hydrogen-bond acceptors (Lipinski definition) is 2. The average molecular weight is 285 g/mol. The van der Waals surface area contributed by atoms with Crippen molar-refractivity contribution in [3.05, 3.63) is 59.1 Å². The van der Waals surface area contributed by atoms with E-state index in [1.807, 2.05) is 24.3 Å². The van der Waals surface area contributed by atoms with Gasteiger partial charge in [-0.2, -0.15) is 5.26 Å². The molecule has 0 unspecified atom stereocenters. The Labute approximate surface area is 120 Å². The maximum Gasteiger partial charge on any atom is 0.0992 e. The third kappa shape index (κ3) is 2.46. The van der Waals surface area contributed by atoms with Gasteiger partial charge in [-0.25, -0.2) is 0 Å². The number of nitriles is 1.